The lowest BCUT2D eigenvalue weighted by Gasteiger charge is -2.15. The molecule has 0 spiro atoms. The third-order valence-electron chi connectivity index (χ3n) is 3.42. The number of hydrogen-bond acceptors (Lipinski definition) is 3. The molecule has 0 aliphatic heterocycles. The Labute approximate surface area is 106 Å². The zero-order chi connectivity index (χ0) is 11.5. The van der Waals surface area contributed by atoms with Crippen molar-refractivity contribution in [2.75, 3.05) is 0 Å². The molecule has 0 fully saturated rings. The molecule has 0 N–H and O–H groups in total. The molecule has 3 rings (SSSR count). The van der Waals surface area contributed by atoms with Crippen molar-refractivity contribution in [3.8, 4) is 11.3 Å². The SMILES string of the molecule is [c]1nscc1-c1nccc2c1CCCCCC2. The van der Waals surface area contributed by atoms with Crippen molar-refractivity contribution < 1.29 is 0 Å². The third kappa shape index (κ3) is 2.25. The largest absolute Gasteiger partial charge is 0.256 e. The summed E-state index contributed by atoms with van der Waals surface area (Å²) in [4.78, 5) is 4.54. The molecule has 17 heavy (non-hydrogen) atoms. The fraction of sp³-hybridized carbons (Fsp3) is 0.429. The fourth-order valence-corrected chi connectivity index (χ4v) is 3.01. The van der Waals surface area contributed by atoms with Crippen LogP contribution in [0.1, 0.15) is 36.8 Å². The van der Waals surface area contributed by atoms with Gasteiger partial charge < -0.3 is 0 Å². The Morgan fingerprint density at radius 2 is 2.00 bits per heavy atom. The molecule has 0 unspecified atom stereocenters. The summed E-state index contributed by atoms with van der Waals surface area (Å²) in [7, 11) is 0. The second-order valence-corrected chi connectivity index (χ2v) is 5.18. The van der Waals surface area contributed by atoms with Gasteiger partial charge in [-0.05, 0) is 54.4 Å². The van der Waals surface area contributed by atoms with E-state index in [0.29, 0.717) is 0 Å². The molecule has 0 aromatic carbocycles. The highest BCUT2D eigenvalue weighted by Gasteiger charge is 2.14. The van der Waals surface area contributed by atoms with E-state index in [-0.39, 0.29) is 0 Å². The van der Waals surface area contributed by atoms with Crippen LogP contribution in [0.3, 0.4) is 0 Å². The minimum Gasteiger partial charge on any atom is -0.256 e. The maximum atomic E-state index is 4.54. The second kappa shape index (κ2) is 4.96. The van der Waals surface area contributed by atoms with Crippen molar-refractivity contribution in [3.05, 3.63) is 35.0 Å². The van der Waals surface area contributed by atoms with Gasteiger partial charge in [0.1, 0.15) is 6.20 Å². The number of aryl methyl sites for hydroxylation is 1. The number of hydrogen-bond donors (Lipinski definition) is 0. The monoisotopic (exact) mass is 243 g/mol. The first-order valence-electron chi connectivity index (χ1n) is 6.24. The van der Waals surface area contributed by atoms with Crippen molar-refractivity contribution in [1.82, 2.24) is 9.36 Å². The van der Waals surface area contributed by atoms with E-state index in [1.165, 1.54) is 54.8 Å². The van der Waals surface area contributed by atoms with Crippen LogP contribution in [0, 0.1) is 6.20 Å². The molecule has 0 saturated heterocycles. The van der Waals surface area contributed by atoms with Crippen LogP contribution in [-0.2, 0) is 12.8 Å². The Balaban J connectivity index is 2.07. The maximum absolute atomic E-state index is 4.54. The first-order chi connectivity index (χ1) is 8.45. The number of rotatable bonds is 1. The zero-order valence-corrected chi connectivity index (χ0v) is 10.6. The Morgan fingerprint density at radius 1 is 1.12 bits per heavy atom. The van der Waals surface area contributed by atoms with Gasteiger partial charge in [-0.3, -0.25) is 4.98 Å². The Hall–Kier alpha value is -1.22. The minimum atomic E-state index is 1.06. The lowest BCUT2D eigenvalue weighted by atomic mass is 9.91. The molecule has 2 nitrogen and oxygen atoms in total. The summed E-state index contributed by atoms with van der Waals surface area (Å²) in [6.45, 7) is 0. The van der Waals surface area contributed by atoms with Gasteiger partial charge >= 0.3 is 0 Å². The molecule has 2 heterocycles. The van der Waals surface area contributed by atoms with Crippen molar-refractivity contribution >= 4 is 11.5 Å². The summed E-state index contributed by atoms with van der Waals surface area (Å²) in [5.41, 5.74) is 5.09. The average Bonchev–Trinajstić information content (AvgIpc) is 2.82. The van der Waals surface area contributed by atoms with Gasteiger partial charge in [0.2, 0.25) is 0 Å². The van der Waals surface area contributed by atoms with Crippen LogP contribution >= 0.6 is 11.5 Å². The van der Waals surface area contributed by atoms with E-state index in [1.54, 1.807) is 0 Å². The first-order valence-corrected chi connectivity index (χ1v) is 7.08. The van der Waals surface area contributed by atoms with Crippen LogP contribution in [-0.4, -0.2) is 9.36 Å². The summed E-state index contributed by atoms with van der Waals surface area (Å²) < 4.78 is 4.07. The van der Waals surface area contributed by atoms with Gasteiger partial charge in [0, 0.05) is 17.1 Å². The predicted molar refractivity (Wildman–Crippen MR) is 70.1 cm³/mol. The molecule has 3 heteroatoms. The highest BCUT2D eigenvalue weighted by atomic mass is 32.1. The topological polar surface area (TPSA) is 25.8 Å². The molecule has 2 aromatic rings. The number of nitrogens with zero attached hydrogens (tertiary/aromatic N) is 2. The number of aromatic nitrogens is 2. The van der Waals surface area contributed by atoms with Crippen LogP contribution < -0.4 is 0 Å². The molecule has 0 saturated carbocycles. The van der Waals surface area contributed by atoms with Crippen LogP contribution in [0.15, 0.2) is 17.6 Å². The fourth-order valence-electron chi connectivity index (χ4n) is 2.54. The van der Waals surface area contributed by atoms with Crippen LogP contribution in [0.4, 0.5) is 0 Å². The molecule has 0 amide bonds. The molecule has 87 valence electrons. The van der Waals surface area contributed by atoms with Gasteiger partial charge in [0.15, 0.2) is 0 Å². The summed E-state index contributed by atoms with van der Waals surface area (Å²) in [6.07, 6.45) is 12.6. The smallest absolute Gasteiger partial charge is 0.114 e. The summed E-state index contributed by atoms with van der Waals surface area (Å²) in [5.74, 6) is 0. The Morgan fingerprint density at radius 3 is 2.82 bits per heavy atom. The summed E-state index contributed by atoms with van der Waals surface area (Å²) in [5, 5.41) is 2.04. The molecule has 2 aromatic heterocycles. The quantitative estimate of drug-likeness (QED) is 0.763. The third-order valence-corrected chi connectivity index (χ3v) is 3.96. The van der Waals surface area contributed by atoms with Gasteiger partial charge in [-0.1, -0.05) is 12.8 Å². The van der Waals surface area contributed by atoms with E-state index in [4.69, 9.17) is 0 Å². The maximum Gasteiger partial charge on any atom is 0.114 e. The number of fused-ring (bicyclic) bond motifs is 1. The van der Waals surface area contributed by atoms with Gasteiger partial charge in [-0.2, -0.15) is 4.37 Å². The van der Waals surface area contributed by atoms with Gasteiger partial charge in [0.05, 0.1) is 5.69 Å². The number of pyridine rings is 1. The molecular formula is C14H15N2S. The summed E-state index contributed by atoms with van der Waals surface area (Å²) in [6, 6.07) is 2.18. The van der Waals surface area contributed by atoms with E-state index < -0.39 is 0 Å². The van der Waals surface area contributed by atoms with E-state index in [9.17, 15) is 0 Å². The van der Waals surface area contributed by atoms with Gasteiger partial charge in [0.25, 0.3) is 0 Å². The van der Waals surface area contributed by atoms with Gasteiger partial charge in [-0.15, -0.1) is 0 Å². The van der Waals surface area contributed by atoms with Crippen molar-refractivity contribution in [2.45, 2.75) is 38.5 Å². The Kier molecular flexibility index (Phi) is 3.18. The van der Waals surface area contributed by atoms with Crippen LogP contribution in [0.25, 0.3) is 11.3 Å². The van der Waals surface area contributed by atoms with Gasteiger partial charge in [-0.25, -0.2) is 0 Å². The van der Waals surface area contributed by atoms with Crippen LogP contribution in [0.2, 0.25) is 0 Å². The minimum absolute atomic E-state index is 1.06. The van der Waals surface area contributed by atoms with E-state index in [2.05, 4.69) is 21.6 Å². The van der Waals surface area contributed by atoms with E-state index in [0.717, 1.165) is 17.7 Å². The highest BCUT2D eigenvalue weighted by Crippen LogP contribution is 2.28. The van der Waals surface area contributed by atoms with Crippen molar-refractivity contribution in [3.63, 3.8) is 0 Å². The summed E-state index contributed by atoms with van der Waals surface area (Å²) >= 11 is 1.45. The first kappa shape index (κ1) is 10.9. The normalized spacial score (nSPS) is 16.0. The molecule has 1 radical (unpaired) electrons. The van der Waals surface area contributed by atoms with E-state index in [1.807, 2.05) is 11.6 Å². The molecular weight excluding hydrogens is 228 g/mol. The lowest BCUT2D eigenvalue weighted by molar-refractivity contribution is 0.616. The predicted octanol–water partition coefficient (Wildman–Crippen LogP) is 3.66. The van der Waals surface area contributed by atoms with E-state index >= 15 is 0 Å². The van der Waals surface area contributed by atoms with Crippen molar-refractivity contribution in [2.24, 2.45) is 0 Å². The second-order valence-electron chi connectivity index (χ2n) is 4.55. The van der Waals surface area contributed by atoms with Crippen LogP contribution in [0.5, 0.6) is 0 Å². The molecule has 0 atom stereocenters. The molecule has 1 aliphatic carbocycles. The molecule has 0 bridgehead atoms. The van der Waals surface area contributed by atoms with Crippen molar-refractivity contribution in [1.29, 1.82) is 0 Å². The standard InChI is InChI=1S/C14H15N2S/c1-2-4-6-13-11(5-3-1)7-8-15-14(13)12-9-16-17-10-12/h7-8,10H,1-6H2. The lowest BCUT2D eigenvalue weighted by Crippen LogP contribution is -2.03. The highest BCUT2D eigenvalue weighted by molar-refractivity contribution is 7.03. The molecule has 1 aliphatic rings. The Bertz CT molecular complexity index is 491. The average molecular weight is 243 g/mol. The zero-order valence-electron chi connectivity index (χ0n) is 9.78.